The Morgan fingerprint density at radius 1 is 1.06 bits per heavy atom. The van der Waals surface area contributed by atoms with Crippen molar-refractivity contribution in [2.75, 3.05) is 5.73 Å². The van der Waals surface area contributed by atoms with Gasteiger partial charge in [0.05, 0.1) is 15.7 Å². The van der Waals surface area contributed by atoms with Gasteiger partial charge in [0.2, 0.25) is 0 Å². The van der Waals surface area contributed by atoms with E-state index in [0.717, 1.165) is 5.56 Å². The van der Waals surface area contributed by atoms with Crippen LogP contribution >= 0.6 is 23.2 Å². The Morgan fingerprint density at radius 2 is 1.83 bits per heavy atom. The first-order chi connectivity index (χ1) is 8.56. The van der Waals surface area contributed by atoms with Crippen molar-refractivity contribution in [1.29, 1.82) is 0 Å². The summed E-state index contributed by atoms with van der Waals surface area (Å²) in [6, 6.07) is 9.49. The molecular formula is C13H10Cl2FNO. The molecule has 0 aliphatic rings. The Labute approximate surface area is 114 Å². The molecule has 0 aliphatic carbocycles. The van der Waals surface area contributed by atoms with E-state index in [9.17, 15) is 4.39 Å². The van der Waals surface area contributed by atoms with Crippen LogP contribution in [0.2, 0.25) is 10.0 Å². The number of rotatable bonds is 3. The smallest absolute Gasteiger partial charge is 0.149 e. The van der Waals surface area contributed by atoms with Gasteiger partial charge < -0.3 is 10.5 Å². The van der Waals surface area contributed by atoms with E-state index < -0.39 is 5.82 Å². The van der Waals surface area contributed by atoms with Crippen LogP contribution in [-0.2, 0) is 6.61 Å². The third-order valence-corrected chi connectivity index (χ3v) is 3.10. The fourth-order valence-electron chi connectivity index (χ4n) is 1.39. The van der Waals surface area contributed by atoms with Crippen molar-refractivity contribution in [3.8, 4) is 5.75 Å². The maximum Gasteiger partial charge on any atom is 0.149 e. The molecule has 0 amide bonds. The standard InChI is InChI=1S/C13H10Cl2FNO/c14-10-3-1-8(5-11(10)15)7-18-9-2-4-13(17)12(16)6-9/h1-6H,7,17H2. The van der Waals surface area contributed by atoms with Crippen LogP contribution in [0.4, 0.5) is 10.1 Å². The Hall–Kier alpha value is -1.45. The molecule has 0 saturated heterocycles. The average Bonchev–Trinajstić information content (AvgIpc) is 2.35. The molecule has 2 nitrogen and oxygen atoms in total. The van der Waals surface area contributed by atoms with Gasteiger partial charge in [0.25, 0.3) is 0 Å². The van der Waals surface area contributed by atoms with E-state index in [2.05, 4.69) is 0 Å². The van der Waals surface area contributed by atoms with Crippen molar-refractivity contribution in [3.63, 3.8) is 0 Å². The van der Waals surface area contributed by atoms with Gasteiger partial charge in [-0.15, -0.1) is 0 Å². The van der Waals surface area contributed by atoms with Crippen molar-refractivity contribution >= 4 is 28.9 Å². The monoisotopic (exact) mass is 285 g/mol. The molecule has 0 unspecified atom stereocenters. The first-order valence-corrected chi connectivity index (χ1v) is 5.93. The largest absolute Gasteiger partial charge is 0.489 e. The molecule has 0 aliphatic heterocycles. The van der Waals surface area contributed by atoms with Crippen LogP contribution in [0.1, 0.15) is 5.56 Å². The van der Waals surface area contributed by atoms with E-state index in [1.165, 1.54) is 12.1 Å². The summed E-state index contributed by atoms with van der Waals surface area (Å²) >= 11 is 11.7. The SMILES string of the molecule is Nc1ccc(OCc2ccc(Cl)c(Cl)c2)cc1F. The normalized spacial score (nSPS) is 10.4. The molecule has 0 spiro atoms. The summed E-state index contributed by atoms with van der Waals surface area (Å²) in [5, 5.41) is 0.945. The lowest BCUT2D eigenvalue weighted by Gasteiger charge is -2.08. The summed E-state index contributed by atoms with van der Waals surface area (Å²) in [6.45, 7) is 0.278. The quantitative estimate of drug-likeness (QED) is 0.854. The van der Waals surface area contributed by atoms with Gasteiger partial charge in [-0.2, -0.15) is 0 Å². The maximum absolute atomic E-state index is 13.2. The number of benzene rings is 2. The predicted octanol–water partition coefficient (Wildman–Crippen LogP) is 4.29. The van der Waals surface area contributed by atoms with E-state index in [1.54, 1.807) is 24.3 Å². The minimum absolute atomic E-state index is 0.0943. The Morgan fingerprint density at radius 3 is 2.50 bits per heavy atom. The second-order valence-corrected chi connectivity index (χ2v) is 4.53. The molecule has 2 rings (SSSR count). The average molecular weight is 286 g/mol. The molecule has 0 bridgehead atoms. The lowest BCUT2D eigenvalue weighted by atomic mass is 10.2. The number of halogens is 3. The highest BCUT2D eigenvalue weighted by atomic mass is 35.5. The fourth-order valence-corrected chi connectivity index (χ4v) is 1.71. The molecule has 2 aromatic carbocycles. The third-order valence-electron chi connectivity index (χ3n) is 2.36. The third kappa shape index (κ3) is 3.06. The Bertz CT molecular complexity index is 523. The number of ether oxygens (including phenoxy) is 1. The molecule has 0 heterocycles. The highest BCUT2D eigenvalue weighted by Gasteiger charge is 2.03. The number of hydrogen-bond acceptors (Lipinski definition) is 2. The van der Waals surface area contributed by atoms with Crippen LogP contribution in [0.25, 0.3) is 0 Å². The van der Waals surface area contributed by atoms with Crippen molar-refractivity contribution in [2.45, 2.75) is 6.61 Å². The second kappa shape index (κ2) is 5.46. The van der Waals surface area contributed by atoms with E-state index in [-0.39, 0.29) is 12.3 Å². The molecule has 2 aromatic rings. The highest BCUT2D eigenvalue weighted by Crippen LogP contribution is 2.24. The van der Waals surface area contributed by atoms with E-state index in [0.29, 0.717) is 15.8 Å². The van der Waals surface area contributed by atoms with Crippen molar-refractivity contribution in [3.05, 3.63) is 57.8 Å². The molecule has 0 saturated carbocycles. The molecule has 0 atom stereocenters. The van der Waals surface area contributed by atoms with E-state index >= 15 is 0 Å². The van der Waals surface area contributed by atoms with Crippen LogP contribution in [0.15, 0.2) is 36.4 Å². The first-order valence-electron chi connectivity index (χ1n) is 5.18. The number of nitrogens with two attached hydrogens (primary N) is 1. The summed E-state index contributed by atoms with van der Waals surface area (Å²) in [5.41, 5.74) is 6.31. The molecule has 5 heteroatoms. The summed E-state index contributed by atoms with van der Waals surface area (Å²) in [5.74, 6) is -0.0885. The van der Waals surface area contributed by atoms with Crippen LogP contribution in [-0.4, -0.2) is 0 Å². The zero-order valence-corrected chi connectivity index (χ0v) is 10.8. The maximum atomic E-state index is 13.2. The molecule has 2 N–H and O–H groups in total. The summed E-state index contributed by atoms with van der Waals surface area (Å²) in [7, 11) is 0. The zero-order chi connectivity index (χ0) is 13.1. The van der Waals surface area contributed by atoms with Crippen molar-refractivity contribution in [1.82, 2.24) is 0 Å². The van der Waals surface area contributed by atoms with Crippen molar-refractivity contribution in [2.24, 2.45) is 0 Å². The molecule has 18 heavy (non-hydrogen) atoms. The first kappa shape index (κ1) is 13.0. The minimum Gasteiger partial charge on any atom is -0.489 e. The molecule has 94 valence electrons. The lowest BCUT2D eigenvalue weighted by Crippen LogP contribution is -1.97. The van der Waals surface area contributed by atoms with Crippen LogP contribution in [0, 0.1) is 5.82 Å². The summed E-state index contributed by atoms with van der Waals surface area (Å²) in [6.07, 6.45) is 0. The van der Waals surface area contributed by atoms with Gasteiger partial charge in [-0.05, 0) is 29.8 Å². The molecule has 0 radical (unpaired) electrons. The second-order valence-electron chi connectivity index (χ2n) is 3.72. The fraction of sp³-hybridized carbons (Fsp3) is 0.0769. The molecular weight excluding hydrogens is 276 g/mol. The number of hydrogen-bond donors (Lipinski definition) is 1. The van der Waals surface area contributed by atoms with E-state index in [4.69, 9.17) is 33.7 Å². The lowest BCUT2D eigenvalue weighted by molar-refractivity contribution is 0.304. The van der Waals surface area contributed by atoms with Crippen LogP contribution in [0.5, 0.6) is 5.75 Å². The Kier molecular flexibility index (Phi) is 3.94. The van der Waals surface area contributed by atoms with Crippen LogP contribution < -0.4 is 10.5 Å². The summed E-state index contributed by atoms with van der Waals surface area (Å²) < 4.78 is 18.6. The van der Waals surface area contributed by atoms with Gasteiger partial charge in [0, 0.05) is 6.07 Å². The topological polar surface area (TPSA) is 35.2 Å². The van der Waals surface area contributed by atoms with Gasteiger partial charge >= 0.3 is 0 Å². The summed E-state index contributed by atoms with van der Waals surface area (Å²) in [4.78, 5) is 0. The van der Waals surface area contributed by atoms with Gasteiger partial charge in [0.15, 0.2) is 0 Å². The van der Waals surface area contributed by atoms with Gasteiger partial charge in [-0.25, -0.2) is 4.39 Å². The van der Waals surface area contributed by atoms with Crippen LogP contribution in [0.3, 0.4) is 0 Å². The molecule has 0 aromatic heterocycles. The molecule has 0 fully saturated rings. The number of nitrogen functional groups attached to an aromatic ring is 1. The Balaban J connectivity index is 2.06. The van der Waals surface area contributed by atoms with Crippen molar-refractivity contribution < 1.29 is 9.13 Å². The highest BCUT2D eigenvalue weighted by molar-refractivity contribution is 6.42. The predicted molar refractivity (Wildman–Crippen MR) is 71.6 cm³/mol. The minimum atomic E-state index is -0.498. The van der Waals surface area contributed by atoms with Gasteiger partial charge in [0.1, 0.15) is 18.2 Å². The van der Waals surface area contributed by atoms with Gasteiger partial charge in [-0.3, -0.25) is 0 Å². The number of anilines is 1. The van der Waals surface area contributed by atoms with Gasteiger partial charge in [-0.1, -0.05) is 29.3 Å². The van der Waals surface area contributed by atoms with E-state index in [1.807, 2.05) is 0 Å². The zero-order valence-electron chi connectivity index (χ0n) is 9.29.